The van der Waals surface area contributed by atoms with Gasteiger partial charge in [-0.2, -0.15) is 0 Å². The Bertz CT molecular complexity index is 1060. The van der Waals surface area contributed by atoms with Crippen LogP contribution in [0.25, 0.3) is 0 Å². The highest BCUT2D eigenvalue weighted by Crippen LogP contribution is 2.67. The van der Waals surface area contributed by atoms with Crippen molar-refractivity contribution < 1.29 is 14.6 Å². The molecule has 51 heavy (non-hydrogen) atoms. The van der Waals surface area contributed by atoms with Crippen LogP contribution in [-0.4, -0.2) is 93.5 Å². The number of likely N-dealkylation sites (N-methyl/N-ethyl adjacent to an activating group) is 2. The van der Waals surface area contributed by atoms with Crippen LogP contribution in [0.15, 0.2) is 16.6 Å². The zero-order valence-corrected chi connectivity index (χ0v) is 35.8. The van der Waals surface area contributed by atoms with Gasteiger partial charge in [-0.3, -0.25) is 4.99 Å². The number of hydrogen-bond acceptors (Lipinski definition) is 5. The lowest BCUT2D eigenvalue weighted by Crippen LogP contribution is -2.51. The lowest BCUT2D eigenvalue weighted by atomic mass is 9.47. The smallest absolute Gasteiger partial charge is 0.0844 e. The van der Waals surface area contributed by atoms with Gasteiger partial charge in [-0.05, 0) is 137 Å². The van der Waals surface area contributed by atoms with Crippen LogP contribution in [0.2, 0.25) is 0 Å². The Hall–Kier alpha value is -0.950. The van der Waals surface area contributed by atoms with Gasteiger partial charge in [-0.15, -0.1) is 0 Å². The molecule has 0 aromatic rings. The van der Waals surface area contributed by atoms with Crippen LogP contribution in [0.5, 0.6) is 0 Å². The summed E-state index contributed by atoms with van der Waals surface area (Å²) in [4.78, 5) is 8.00. The monoisotopic (exact) mass is 716 g/mol. The molecule has 1 N–H and O–H groups in total. The van der Waals surface area contributed by atoms with Crippen LogP contribution in [-0.2, 0) is 9.47 Å². The van der Waals surface area contributed by atoms with Crippen LogP contribution < -0.4 is 0 Å². The predicted octanol–water partition coefficient (Wildman–Crippen LogP) is 10.1. The summed E-state index contributed by atoms with van der Waals surface area (Å²) in [6.45, 7) is 26.3. The van der Waals surface area contributed by atoms with Crippen molar-refractivity contribution in [1.29, 1.82) is 0 Å². The predicted molar refractivity (Wildman–Crippen MR) is 219 cm³/mol. The van der Waals surface area contributed by atoms with Gasteiger partial charge in [0.15, 0.2) is 0 Å². The minimum Gasteiger partial charge on any atom is -0.395 e. The first-order valence-electron chi connectivity index (χ1n) is 21.4. The van der Waals surface area contributed by atoms with Gasteiger partial charge in [0.1, 0.15) is 0 Å². The fraction of sp³-hybridized carbons (Fsp3) is 0.933. The van der Waals surface area contributed by atoms with Gasteiger partial charge in [0.25, 0.3) is 0 Å². The summed E-state index contributed by atoms with van der Waals surface area (Å²) in [5.41, 5.74) is 2.68. The van der Waals surface area contributed by atoms with Crippen LogP contribution in [0.1, 0.15) is 146 Å². The lowest BCUT2D eigenvalue weighted by molar-refractivity contribution is -0.0757. The first-order valence-corrected chi connectivity index (χ1v) is 21.4. The molecule has 0 spiro atoms. The Morgan fingerprint density at radius 2 is 1.65 bits per heavy atom. The Labute approximate surface area is 317 Å². The number of nitrogens with zero attached hydrogens (tertiary/aromatic N) is 3. The average Bonchev–Trinajstić information content (AvgIpc) is 3.41. The summed E-state index contributed by atoms with van der Waals surface area (Å²) in [6.07, 6.45) is 22.4. The maximum absolute atomic E-state index is 8.62. The van der Waals surface area contributed by atoms with E-state index < -0.39 is 0 Å². The summed E-state index contributed by atoms with van der Waals surface area (Å²) < 4.78 is 12.7. The molecule has 6 nitrogen and oxygen atoms in total. The van der Waals surface area contributed by atoms with Gasteiger partial charge in [-0.25, -0.2) is 0 Å². The quantitative estimate of drug-likeness (QED) is 0.0820. The summed E-state index contributed by atoms with van der Waals surface area (Å²) in [5, 5.41) is 8.62. The molecule has 8 atom stereocenters. The largest absolute Gasteiger partial charge is 0.395 e. The van der Waals surface area contributed by atoms with Crippen molar-refractivity contribution >= 4 is 6.34 Å². The van der Waals surface area contributed by atoms with E-state index in [9.17, 15) is 0 Å². The number of rotatable bonds is 19. The Morgan fingerprint density at radius 3 is 2.31 bits per heavy atom. The fourth-order valence-electron chi connectivity index (χ4n) is 10.8. The summed E-state index contributed by atoms with van der Waals surface area (Å²) in [5.74, 6) is 6.19. The molecule has 3 saturated carbocycles. The van der Waals surface area contributed by atoms with Gasteiger partial charge >= 0.3 is 0 Å². The van der Waals surface area contributed by atoms with Crippen molar-refractivity contribution in [3.05, 3.63) is 11.6 Å². The summed E-state index contributed by atoms with van der Waals surface area (Å²) >= 11 is 0. The molecule has 4 rings (SSSR count). The number of fused-ring (bicyclic) bond motifs is 5. The molecule has 0 radical (unpaired) electrons. The fourth-order valence-corrected chi connectivity index (χ4v) is 10.8. The molecule has 4 aliphatic carbocycles. The molecular weight excluding hydrogens is 631 g/mol. The number of allylic oxidation sites excluding steroid dienone is 1. The second kappa shape index (κ2) is 20.7. The Morgan fingerprint density at radius 1 is 0.922 bits per heavy atom. The second-order valence-electron chi connectivity index (χ2n) is 19.4. The molecule has 0 aromatic carbocycles. The SMILES string of the molecule is CC(C)CCCC(C)C1CCC2C3CC=C4CC(OCCC(C)(C)OCCC(C)C)CCC4(C)C3CCC12C.CN=CN(C)CCN(C)CCO. The van der Waals surface area contributed by atoms with Crippen molar-refractivity contribution in [2.45, 2.75) is 157 Å². The molecule has 0 bridgehead atoms. The Balaban J connectivity index is 0.000000501. The molecule has 6 heteroatoms. The highest BCUT2D eigenvalue weighted by Gasteiger charge is 2.59. The normalized spacial score (nSPS) is 31.3. The van der Waals surface area contributed by atoms with Crippen LogP contribution >= 0.6 is 0 Å². The molecule has 0 aliphatic heterocycles. The first-order chi connectivity index (χ1) is 24.1. The van der Waals surface area contributed by atoms with Gasteiger partial charge in [0.2, 0.25) is 0 Å². The van der Waals surface area contributed by atoms with Gasteiger partial charge in [0.05, 0.1) is 24.7 Å². The highest BCUT2D eigenvalue weighted by molar-refractivity contribution is 5.53. The zero-order chi connectivity index (χ0) is 37.8. The van der Waals surface area contributed by atoms with Crippen LogP contribution in [0.3, 0.4) is 0 Å². The molecule has 0 heterocycles. The second-order valence-corrected chi connectivity index (χ2v) is 19.4. The molecule has 4 aliphatic rings. The number of aliphatic imine (C=N–C) groups is 1. The van der Waals surface area contributed by atoms with E-state index in [0.717, 1.165) is 81.2 Å². The molecule has 0 saturated heterocycles. The van der Waals surface area contributed by atoms with E-state index in [-0.39, 0.29) is 12.2 Å². The van der Waals surface area contributed by atoms with E-state index in [0.29, 0.717) is 22.9 Å². The van der Waals surface area contributed by atoms with Crippen molar-refractivity contribution in [2.24, 2.45) is 57.2 Å². The molecule has 0 amide bonds. The van der Waals surface area contributed by atoms with E-state index in [1.807, 2.05) is 19.0 Å². The molecule has 298 valence electrons. The standard InChI is InChI=1S/C37H66O2.C8H19N3O/c1-26(2)11-10-12-28(5)32-15-16-33-31-14-13-29-25-30(38-24-22-35(6,7)39-23-19-27(3)4)17-20-36(29,8)34(31)18-21-37(32,33)9;1-9-8-11(3)5-4-10(2)6-7-12/h13,26-28,30-34H,10-12,14-25H2,1-9H3;8,12H,4-7H2,1-3H3. The molecule has 3 fully saturated rings. The van der Waals surface area contributed by atoms with E-state index in [1.165, 1.54) is 70.6 Å². The average molecular weight is 716 g/mol. The maximum Gasteiger partial charge on any atom is 0.0844 e. The van der Waals surface area contributed by atoms with Crippen molar-refractivity contribution in [1.82, 2.24) is 9.80 Å². The summed E-state index contributed by atoms with van der Waals surface area (Å²) in [7, 11) is 5.74. The van der Waals surface area contributed by atoms with Crippen molar-refractivity contribution in [2.75, 3.05) is 60.6 Å². The van der Waals surface area contributed by atoms with E-state index >= 15 is 0 Å². The number of ether oxygens (including phenoxy) is 2. The van der Waals surface area contributed by atoms with Gasteiger partial charge in [-0.1, -0.05) is 79.4 Å². The van der Waals surface area contributed by atoms with Crippen LogP contribution in [0.4, 0.5) is 0 Å². The molecule has 8 unspecified atom stereocenters. The third kappa shape index (κ3) is 12.8. The van der Waals surface area contributed by atoms with E-state index in [4.69, 9.17) is 14.6 Å². The van der Waals surface area contributed by atoms with Crippen molar-refractivity contribution in [3.63, 3.8) is 0 Å². The van der Waals surface area contributed by atoms with Gasteiger partial charge < -0.3 is 24.4 Å². The van der Waals surface area contributed by atoms with Crippen molar-refractivity contribution in [3.8, 4) is 0 Å². The number of aliphatic hydroxyl groups excluding tert-OH is 1. The third-order valence-electron chi connectivity index (χ3n) is 14.1. The number of aliphatic hydroxyl groups is 1. The molecule has 0 aromatic heterocycles. The van der Waals surface area contributed by atoms with Crippen LogP contribution in [0, 0.1) is 52.3 Å². The van der Waals surface area contributed by atoms with E-state index in [1.54, 1.807) is 19.0 Å². The topological polar surface area (TPSA) is 57.5 Å². The number of hydrogen-bond donors (Lipinski definition) is 1. The lowest BCUT2D eigenvalue weighted by Gasteiger charge is -2.58. The highest BCUT2D eigenvalue weighted by atomic mass is 16.5. The minimum atomic E-state index is -0.0881. The summed E-state index contributed by atoms with van der Waals surface area (Å²) in [6, 6.07) is 0. The Kier molecular flexibility index (Phi) is 18.0. The molecular formula is C45H85N3O3. The third-order valence-corrected chi connectivity index (χ3v) is 14.1. The maximum atomic E-state index is 8.62. The van der Waals surface area contributed by atoms with E-state index in [2.05, 4.69) is 78.3 Å². The first kappa shape index (κ1) is 44.4. The zero-order valence-electron chi connectivity index (χ0n) is 35.8. The van der Waals surface area contributed by atoms with Gasteiger partial charge in [0, 0.05) is 46.9 Å². The minimum absolute atomic E-state index is 0.0881.